The zero-order chi connectivity index (χ0) is 12.5. The molecule has 0 amide bonds. The van der Waals surface area contributed by atoms with E-state index in [1.165, 1.54) is 11.1 Å². The third-order valence-corrected chi connectivity index (χ3v) is 3.93. The highest BCUT2D eigenvalue weighted by Crippen LogP contribution is 2.29. The Morgan fingerprint density at radius 2 is 2.11 bits per heavy atom. The predicted molar refractivity (Wildman–Crippen MR) is 71.8 cm³/mol. The molecule has 1 heterocycles. The summed E-state index contributed by atoms with van der Waals surface area (Å²) in [6.07, 6.45) is 4.75. The quantitative estimate of drug-likeness (QED) is 0.796. The van der Waals surface area contributed by atoms with Crippen molar-refractivity contribution in [1.29, 1.82) is 5.26 Å². The van der Waals surface area contributed by atoms with E-state index in [1.807, 2.05) is 4.57 Å². The second-order valence-corrected chi connectivity index (χ2v) is 5.01. The second kappa shape index (κ2) is 4.43. The minimum atomic E-state index is 0.299. The molecule has 1 aromatic heterocycles. The van der Waals surface area contributed by atoms with Crippen LogP contribution in [0.15, 0.2) is 30.5 Å². The van der Waals surface area contributed by atoms with E-state index in [9.17, 15) is 0 Å². The van der Waals surface area contributed by atoms with Crippen LogP contribution in [0.3, 0.4) is 0 Å². The number of nitrogens with zero attached hydrogens (tertiary/aromatic N) is 2. The van der Waals surface area contributed by atoms with Crippen LogP contribution in [0.5, 0.6) is 0 Å². The lowest BCUT2D eigenvalue weighted by Crippen LogP contribution is -2.19. The van der Waals surface area contributed by atoms with E-state index in [0.717, 1.165) is 19.3 Å². The van der Waals surface area contributed by atoms with Gasteiger partial charge < -0.3 is 9.55 Å². The molecule has 18 heavy (non-hydrogen) atoms. The highest BCUT2D eigenvalue weighted by atomic mass is 32.1. The van der Waals surface area contributed by atoms with Crippen LogP contribution in [0.2, 0.25) is 0 Å². The number of rotatable bonds is 1. The molecule has 1 aliphatic rings. The van der Waals surface area contributed by atoms with Crippen molar-refractivity contribution in [3.63, 3.8) is 0 Å². The van der Waals surface area contributed by atoms with Gasteiger partial charge in [0.25, 0.3) is 0 Å². The maximum absolute atomic E-state index is 9.12. The average molecular weight is 255 g/mol. The molecule has 0 bridgehead atoms. The molecule has 3 rings (SSSR count). The lowest BCUT2D eigenvalue weighted by Gasteiger charge is -2.26. The molecule has 90 valence electrons. The van der Waals surface area contributed by atoms with Crippen LogP contribution >= 0.6 is 12.2 Å². The number of aryl methyl sites for hydroxylation is 1. The first-order valence-electron chi connectivity index (χ1n) is 6.06. The maximum atomic E-state index is 9.12. The number of H-pyrrole nitrogens is 1. The number of nitriles is 1. The van der Waals surface area contributed by atoms with Gasteiger partial charge >= 0.3 is 0 Å². The zero-order valence-electron chi connectivity index (χ0n) is 9.89. The van der Waals surface area contributed by atoms with Gasteiger partial charge in [-0.1, -0.05) is 24.3 Å². The van der Waals surface area contributed by atoms with Crippen molar-refractivity contribution in [1.82, 2.24) is 9.55 Å². The SMILES string of the molecule is N#Cc1c[nH]c(=S)n1C1CCc2ccccc2C1. The normalized spacial score (nSPS) is 18.1. The highest BCUT2D eigenvalue weighted by Gasteiger charge is 2.22. The summed E-state index contributed by atoms with van der Waals surface area (Å²) in [5.74, 6) is 0. The van der Waals surface area contributed by atoms with Gasteiger partial charge in [-0.3, -0.25) is 0 Å². The van der Waals surface area contributed by atoms with Gasteiger partial charge in [0.1, 0.15) is 11.8 Å². The standard InChI is InChI=1S/C14H13N3S/c15-8-13-9-16-14(18)17(13)12-6-5-10-3-1-2-4-11(10)7-12/h1-4,9,12H,5-7H2,(H,16,18). The number of benzene rings is 1. The van der Waals surface area contributed by atoms with Crippen molar-refractivity contribution in [2.45, 2.75) is 25.3 Å². The fourth-order valence-corrected chi connectivity index (χ4v) is 3.03. The van der Waals surface area contributed by atoms with Gasteiger partial charge in [-0.25, -0.2) is 0 Å². The van der Waals surface area contributed by atoms with Crippen molar-refractivity contribution < 1.29 is 0 Å². The van der Waals surface area contributed by atoms with Crippen LogP contribution in [0, 0.1) is 16.1 Å². The molecule has 0 saturated heterocycles. The van der Waals surface area contributed by atoms with Gasteiger partial charge in [-0.05, 0) is 42.6 Å². The predicted octanol–water partition coefficient (Wildman–Crippen LogP) is 3.15. The molecule has 1 N–H and O–H groups in total. The molecule has 0 radical (unpaired) electrons. The molecular weight excluding hydrogens is 242 g/mol. The van der Waals surface area contributed by atoms with Gasteiger partial charge in [0, 0.05) is 12.2 Å². The fourth-order valence-electron chi connectivity index (χ4n) is 2.73. The van der Waals surface area contributed by atoms with Crippen LogP contribution in [0.1, 0.15) is 29.3 Å². The van der Waals surface area contributed by atoms with E-state index in [1.54, 1.807) is 6.20 Å². The lowest BCUT2D eigenvalue weighted by atomic mass is 9.88. The monoisotopic (exact) mass is 255 g/mol. The van der Waals surface area contributed by atoms with Gasteiger partial charge in [0.05, 0.1) is 0 Å². The van der Waals surface area contributed by atoms with E-state index < -0.39 is 0 Å². The van der Waals surface area contributed by atoms with Crippen LogP contribution in [-0.4, -0.2) is 9.55 Å². The molecule has 1 aromatic carbocycles. The molecule has 0 saturated carbocycles. The minimum Gasteiger partial charge on any atom is -0.336 e. The summed E-state index contributed by atoms with van der Waals surface area (Å²) in [6, 6.07) is 11.0. The summed E-state index contributed by atoms with van der Waals surface area (Å²) in [7, 11) is 0. The number of fused-ring (bicyclic) bond motifs is 1. The van der Waals surface area contributed by atoms with E-state index >= 15 is 0 Å². The number of hydrogen-bond donors (Lipinski definition) is 1. The van der Waals surface area contributed by atoms with Crippen LogP contribution < -0.4 is 0 Å². The van der Waals surface area contributed by atoms with E-state index in [0.29, 0.717) is 16.5 Å². The van der Waals surface area contributed by atoms with E-state index in [-0.39, 0.29) is 0 Å². The van der Waals surface area contributed by atoms with Crippen molar-refractivity contribution in [3.8, 4) is 6.07 Å². The molecule has 1 atom stereocenters. The molecule has 4 heteroatoms. The third kappa shape index (κ3) is 1.77. The molecule has 0 aliphatic heterocycles. The highest BCUT2D eigenvalue weighted by molar-refractivity contribution is 7.71. The lowest BCUT2D eigenvalue weighted by molar-refractivity contribution is 0.435. The molecule has 2 aromatic rings. The topological polar surface area (TPSA) is 44.5 Å². The van der Waals surface area contributed by atoms with Gasteiger partial charge in [0.15, 0.2) is 4.77 Å². The van der Waals surface area contributed by atoms with Crippen molar-refractivity contribution in [2.75, 3.05) is 0 Å². The molecular formula is C14H13N3S. The number of imidazole rings is 1. The van der Waals surface area contributed by atoms with Crippen molar-refractivity contribution >= 4 is 12.2 Å². The van der Waals surface area contributed by atoms with Crippen molar-refractivity contribution in [2.24, 2.45) is 0 Å². The van der Waals surface area contributed by atoms with Crippen LogP contribution in [0.25, 0.3) is 0 Å². The molecule has 0 spiro atoms. The summed E-state index contributed by atoms with van der Waals surface area (Å²) >= 11 is 5.27. The smallest absolute Gasteiger partial charge is 0.178 e. The molecule has 1 unspecified atom stereocenters. The van der Waals surface area contributed by atoms with E-state index in [4.69, 9.17) is 17.5 Å². The zero-order valence-corrected chi connectivity index (χ0v) is 10.7. The molecule has 0 fully saturated rings. The van der Waals surface area contributed by atoms with Gasteiger partial charge in [0.2, 0.25) is 0 Å². The Bertz CT molecular complexity index is 675. The second-order valence-electron chi connectivity index (χ2n) is 4.63. The maximum Gasteiger partial charge on any atom is 0.178 e. The summed E-state index contributed by atoms with van der Waals surface area (Å²) in [5.41, 5.74) is 3.43. The minimum absolute atomic E-state index is 0.299. The Hall–Kier alpha value is -1.86. The average Bonchev–Trinajstić information content (AvgIpc) is 2.79. The molecule has 1 aliphatic carbocycles. The van der Waals surface area contributed by atoms with Crippen LogP contribution in [0.4, 0.5) is 0 Å². The third-order valence-electron chi connectivity index (χ3n) is 3.61. The largest absolute Gasteiger partial charge is 0.336 e. The fraction of sp³-hybridized carbons (Fsp3) is 0.286. The first kappa shape index (κ1) is 11.2. The first-order valence-corrected chi connectivity index (χ1v) is 6.47. The number of aromatic amines is 1. The Morgan fingerprint density at radius 1 is 1.33 bits per heavy atom. The Balaban J connectivity index is 2.00. The first-order chi connectivity index (χ1) is 8.79. The Kier molecular flexibility index (Phi) is 2.77. The number of hydrogen-bond acceptors (Lipinski definition) is 2. The summed E-state index contributed by atoms with van der Waals surface area (Å²) < 4.78 is 2.61. The molecule has 3 nitrogen and oxygen atoms in total. The Morgan fingerprint density at radius 3 is 2.89 bits per heavy atom. The van der Waals surface area contributed by atoms with E-state index in [2.05, 4.69) is 35.3 Å². The number of nitrogens with one attached hydrogen (secondary N) is 1. The van der Waals surface area contributed by atoms with Gasteiger partial charge in [-0.15, -0.1) is 0 Å². The summed E-state index contributed by atoms with van der Waals surface area (Å²) in [6.45, 7) is 0. The van der Waals surface area contributed by atoms with Gasteiger partial charge in [-0.2, -0.15) is 5.26 Å². The number of aromatic nitrogens is 2. The van der Waals surface area contributed by atoms with Crippen LogP contribution in [-0.2, 0) is 12.8 Å². The summed E-state index contributed by atoms with van der Waals surface area (Å²) in [4.78, 5) is 2.96. The summed E-state index contributed by atoms with van der Waals surface area (Å²) in [5, 5.41) is 9.12. The van der Waals surface area contributed by atoms with Crippen molar-refractivity contribution in [3.05, 3.63) is 52.1 Å². The Labute approximate surface area is 111 Å².